The largest absolute Gasteiger partial charge is 0.466 e. The number of hydrogen-bond acceptors (Lipinski definition) is 4. The minimum atomic E-state index is -0.471. The summed E-state index contributed by atoms with van der Waals surface area (Å²) in [6, 6.07) is 38.3. The molecule has 0 aliphatic heterocycles. The maximum Gasteiger partial charge on any atom is 0.333 e. The second-order valence-corrected chi connectivity index (χ2v) is 9.52. The van der Waals surface area contributed by atoms with Crippen molar-refractivity contribution in [3.63, 3.8) is 0 Å². The van der Waals surface area contributed by atoms with Gasteiger partial charge in [0.25, 0.3) is 5.91 Å². The van der Waals surface area contributed by atoms with Crippen LogP contribution in [0.2, 0.25) is 0 Å². The van der Waals surface area contributed by atoms with E-state index in [1.807, 2.05) is 71.6 Å². The van der Waals surface area contributed by atoms with Crippen LogP contribution in [0.1, 0.15) is 45.8 Å². The fraction of sp³-hybridized carbons (Fsp3) is 0.200. The first-order chi connectivity index (χ1) is 19.6. The molecule has 0 aliphatic rings. The molecule has 5 nitrogen and oxygen atoms in total. The number of carbonyl (C=O) groups excluding carboxylic acids is 2. The van der Waals surface area contributed by atoms with Crippen molar-refractivity contribution in [1.82, 2.24) is 4.90 Å². The number of ether oxygens (including phenoxy) is 2. The number of esters is 1. The van der Waals surface area contributed by atoms with Gasteiger partial charge in [-0.05, 0) is 60.2 Å². The molecule has 40 heavy (non-hydrogen) atoms. The highest BCUT2D eigenvalue weighted by Gasteiger charge is 2.20. The highest BCUT2D eigenvalue weighted by atomic mass is 16.5. The lowest BCUT2D eigenvalue weighted by molar-refractivity contribution is -0.134. The minimum Gasteiger partial charge on any atom is -0.466 e. The Morgan fingerprint density at radius 3 is 2.02 bits per heavy atom. The summed E-state index contributed by atoms with van der Waals surface area (Å²) in [5, 5.41) is 0. The van der Waals surface area contributed by atoms with E-state index in [1.54, 1.807) is 0 Å². The predicted molar refractivity (Wildman–Crippen MR) is 158 cm³/mol. The zero-order valence-electron chi connectivity index (χ0n) is 22.8. The molecule has 0 spiro atoms. The van der Waals surface area contributed by atoms with Crippen molar-refractivity contribution in [2.24, 2.45) is 0 Å². The topological polar surface area (TPSA) is 55.8 Å². The molecule has 0 saturated heterocycles. The van der Waals surface area contributed by atoms with E-state index in [0.29, 0.717) is 24.4 Å². The Bertz CT molecular complexity index is 1330. The number of rotatable bonds is 13. The third-order valence-electron chi connectivity index (χ3n) is 6.80. The Hall–Kier alpha value is -4.64. The average molecular weight is 534 g/mol. The van der Waals surface area contributed by atoms with Gasteiger partial charge in [0.1, 0.15) is 5.75 Å². The number of carbonyl (C=O) groups is 2. The summed E-state index contributed by atoms with van der Waals surface area (Å²) < 4.78 is 10.1. The molecule has 0 aliphatic carbocycles. The van der Waals surface area contributed by atoms with Crippen molar-refractivity contribution in [2.45, 2.75) is 25.2 Å². The van der Waals surface area contributed by atoms with Crippen molar-refractivity contribution in [1.29, 1.82) is 0 Å². The lowest BCUT2D eigenvalue weighted by Crippen LogP contribution is -2.34. The fourth-order valence-corrected chi connectivity index (χ4v) is 4.74. The SMILES string of the molecule is COC(=O)/C=C/Oc1cccc(CCCN(CCC(c2ccccc2)c2ccccc2)C(=O)c2ccccc2)c1. The highest BCUT2D eigenvalue weighted by Crippen LogP contribution is 2.28. The molecule has 0 saturated carbocycles. The molecule has 204 valence electrons. The number of methoxy groups -OCH3 is 1. The van der Waals surface area contributed by atoms with Gasteiger partial charge < -0.3 is 14.4 Å². The number of nitrogens with zero attached hydrogens (tertiary/aromatic N) is 1. The van der Waals surface area contributed by atoms with E-state index in [4.69, 9.17) is 4.74 Å². The molecule has 0 atom stereocenters. The van der Waals surface area contributed by atoms with Gasteiger partial charge in [0.15, 0.2) is 0 Å². The monoisotopic (exact) mass is 533 g/mol. The highest BCUT2D eigenvalue weighted by molar-refractivity contribution is 5.94. The fourth-order valence-electron chi connectivity index (χ4n) is 4.74. The van der Waals surface area contributed by atoms with Gasteiger partial charge in [-0.1, -0.05) is 91.0 Å². The van der Waals surface area contributed by atoms with Crippen LogP contribution >= 0.6 is 0 Å². The summed E-state index contributed by atoms with van der Waals surface area (Å²) in [6.07, 6.45) is 4.97. The van der Waals surface area contributed by atoms with Crippen molar-refractivity contribution >= 4 is 11.9 Å². The molecule has 4 aromatic carbocycles. The molecule has 0 bridgehead atoms. The van der Waals surface area contributed by atoms with E-state index >= 15 is 0 Å². The lowest BCUT2D eigenvalue weighted by Gasteiger charge is -2.26. The van der Waals surface area contributed by atoms with Crippen LogP contribution in [-0.4, -0.2) is 37.0 Å². The van der Waals surface area contributed by atoms with Crippen LogP contribution in [0, 0.1) is 0 Å². The molecule has 0 N–H and O–H groups in total. The Morgan fingerprint density at radius 2 is 1.40 bits per heavy atom. The summed E-state index contributed by atoms with van der Waals surface area (Å²) in [4.78, 5) is 26.8. The van der Waals surface area contributed by atoms with Gasteiger partial charge in [-0.2, -0.15) is 0 Å². The van der Waals surface area contributed by atoms with Crippen LogP contribution in [0.3, 0.4) is 0 Å². The quantitative estimate of drug-likeness (QED) is 0.105. The first-order valence-corrected chi connectivity index (χ1v) is 13.6. The van der Waals surface area contributed by atoms with Crippen molar-refractivity contribution in [3.05, 3.63) is 150 Å². The standard InChI is InChI=1S/C35H35NO4/c1-39-34(37)23-26-40-32-21-11-13-28(27-32)14-12-24-36(35(38)31-19-9-4-10-20-31)25-22-33(29-15-5-2-6-16-29)30-17-7-3-8-18-30/h2-11,13,15-21,23,26-27,33H,12,14,22,24-25H2,1H3/b26-23+. The van der Waals surface area contributed by atoms with E-state index in [1.165, 1.54) is 30.6 Å². The first kappa shape index (κ1) is 28.4. The van der Waals surface area contributed by atoms with Gasteiger partial charge in [-0.25, -0.2) is 4.79 Å². The molecule has 0 fully saturated rings. The van der Waals surface area contributed by atoms with E-state index in [0.717, 1.165) is 24.8 Å². The molecule has 4 rings (SSSR count). The van der Waals surface area contributed by atoms with E-state index in [-0.39, 0.29) is 11.8 Å². The van der Waals surface area contributed by atoms with Crippen LogP contribution in [0.5, 0.6) is 5.75 Å². The van der Waals surface area contributed by atoms with Gasteiger partial charge in [-0.3, -0.25) is 4.79 Å². The van der Waals surface area contributed by atoms with E-state index in [2.05, 4.69) is 53.3 Å². The smallest absolute Gasteiger partial charge is 0.333 e. The Labute approximate surface area is 236 Å². The van der Waals surface area contributed by atoms with Crippen LogP contribution < -0.4 is 4.74 Å². The van der Waals surface area contributed by atoms with Gasteiger partial charge in [0.2, 0.25) is 0 Å². The van der Waals surface area contributed by atoms with Crippen LogP contribution in [0.15, 0.2) is 128 Å². The third kappa shape index (κ3) is 8.43. The summed E-state index contributed by atoms with van der Waals surface area (Å²) in [7, 11) is 1.32. The summed E-state index contributed by atoms with van der Waals surface area (Å²) >= 11 is 0. The third-order valence-corrected chi connectivity index (χ3v) is 6.80. The lowest BCUT2D eigenvalue weighted by atomic mass is 9.88. The zero-order chi connectivity index (χ0) is 28.0. The summed E-state index contributed by atoms with van der Waals surface area (Å²) in [5.74, 6) is 0.412. The van der Waals surface area contributed by atoms with Crippen LogP contribution in [0.4, 0.5) is 0 Å². The molecular formula is C35H35NO4. The number of hydrogen-bond donors (Lipinski definition) is 0. The molecule has 5 heteroatoms. The van der Waals surface area contributed by atoms with Crippen LogP contribution in [0.25, 0.3) is 0 Å². The van der Waals surface area contributed by atoms with Crippen molar-refractivity contribution < 1.29 is 19.1 Å². The van der Waals surface area contributed by atoms with E-state index in [9.17, 15) is 9.59 Å². The minimum absolute atomic E-state index is 0.0468. The Morgan fingerprint density at radius 1 is 0.775 bits per heavy atom. The van der Waals surface area contributed by atoms with E-state index < -0.39 is 5.97 Å². The second-order valence-electron chi connectivity index (χ2n) is 9.52. The predicted octanol–water partition coefficient (Wildman–Crippen LogP) is 7.05. The Kier molecular flexibility index (Phi) is 10.7. The van der Waals surface area contributed by atoms with Gasteiger partial charge in [0.05, 0.1) is 19.4 Å². The molecule has 0 aromatic heterocycles. The maximum atomic E-state index is 13.6. The molecule has 0 unspecified atom stereocenters. The van der Waals surface area contributed by atoms with Crippen molar-refractivity contribution in [2.75, 3.05) is 20.2 Å². The molecular weight excluding hydrogens is 498 g/mol. The summed E-state index contributed by atoms with van der Waals surface area (Å²) in [6.45, 7) is 1.28. The summed E-state index contributed by atoms with van der Waals surface area (Å²) in [5.41, 5.74) is 4.30. The van der Waals surface area contributed by atoms with Gasteiger partial charge in [0, 0.05) is 24.6 Å². The molecule has 4 aromatic rings. The molecule has 0 radical (unpaired) electrons. The average Bonchev–Trinajstić information content (AvgIpc) is 3.01. The normalized spacial score (nSPS) is 10.9. The Balaban J connectivity index is 1.45. The van der Waals surface area contributed by atoms with Gasteiger partial charge >= 0.3 is 5.97 Å². The zero-order valence-corrected chi connectivity index (χ0v) is 22.8. The molecule has 0 heterocycles. The number of amides is 1. The second kappa shape index (κ2) is 15.1. The van der Waals surface area contributed by atoms with Crippen LogP contribution in [-0.2, 0) is 16.0 Å². The molecule has 1 amide bonds. The number of benzene rings is 4. The maximum absolute atomic E-state index is 13.6. The van der Waals surface area contributed by atoms with Crippen molar-refractivity contribution in [3.8, 4) is 5.75 Å². The first-order valence-electron chi connectivity index (χ1n) is 13.6. The van der Waals surface area contributed by atoms with Gasteiger partial charge in [-0.15, -0.1) is 0 Å². The number of aryl methyl sites for hydroxylation is 1.